The summed E-state index contributed by atoms with van der Waals surface area (Å²) in [6, 6.07) is 6.52. The lowest BCUT2D eigenvalue weighted by atomic mass is 10.1. The van der Waals surface area contributed by atoms with Crippen molar-refractivity contribution in [3.8, 4) is 0 Å². The van der Waals surface area contributed by atoms with Gasteiger partial charge in [0.25, 0.3) is 0 Å². The molecule has 2 atom stereocenters. The first-order valence-electron chi connectivity index (χ1n) is 8.82. The average Bonchev–Trinajstić information content (AvgIpc) is 3.07. The van der Waals surface area contributed by atoms with Gasteiger partial charge in [-0.05, 0) is 42.5 Å². The van der Waals surface area contributed by atoms with Gasteiger partial charge in [-0.2, -0.15) is 17.5 Å². The van der Waals surface area contributed by atoms with E-state index < -0.39 is 72.1 Å². The molecule has 1 aliphatic rings. The van der Waals surface area contributed by atoms with E-state index in [2.05, 4.69) is 0 Å². The fourth-order valence-corrected chi connectivity index (χ4v) is 7.57. The maximum atomic E-state index is 13.1. The Kier molecular flexibility index (Phi) is 6.64. The molecular formula is C18H16Cl2F3NO6S2. The number of rotatable bonds is 5. The average molecular weight is 534 g/mol. The molecule has 3 rings (SSSR count). The van der Waals surface area contributed by atoms with Crippen molar-refractivity contribution in [2.75, 3.05) is 19.7 Å². The van der Waals surface area contributed by atoms with Gasteiger partial charge in [-0.15, -0.1) is 0 Å². The molecule has 0 saturated carbocycles. The van der Waals surface area contributed by atoms with Gasteiger partial charge >= 0.3 is 6.18 Å². The van der Waals surface area contributed by atoms with Crippen molar-refractivity contribution in [3.63, 3.8) is 0 Å². The number of benzene rings is 2. The van der Waals surface area contributed by atoms with E-state index in [1.165, 1.54) is 24.3 Å². The second-order valence-electron chi connectivity index (χ2n) is 7.19. The lowest BCUT2D eigenvalue weighted by Crippen LogP contribution is -2.49. The predicted octanol–water partition coefficient (Wildman–Crippen LogP) is 2.58. The van der Waals surface area contributed by atoms with E-state index in [1.54, 1.807) is 0 Å². The summed E-state index contributed by atoms with van der Waals surface area (Å²) in [6.45, 7) is -2.67. The maximum absolute atomic E-state index is 13.1. The molecule has 0 spiro atoms. The predicted molar refractivity (Wildman–Crippen MR) is 110 cm³/mol. The minimum absolute atomic E-state index is 0.244. The Labute approximate surface area is 192 Å². The van der Waals surface area contributed by atoms with Crippen LogP contribution in [0.2, 0.25) is 10.0 Å². The molecule has 176 valence electrons. The van der Waals surface area contributed by atoms with Crippen molar-refractivity contribution >= 4 is 43.1 Å². The Bertz CT molecular complexity index is 1240. The fraction of sp³-hybridized carbons (Fsp3) is 0.333. The summed E-state index contributed by atoms with van der Waals surface area (Å²) in [5, 5.41) is 18.2. The molecule has 0 aliphatic carbocycles. The first kappa shape index (κ1) is 25.2. The molecule has 1 aliphatic heterocycles. The lowest BCUT2D eigenvalue weighted by Gasteiger charge is -2.26. The van der Waals surface area contributed by atoms with Crippen LogP contribution >= 0.6 is 23.2 Å². The normalized spacial score (nSPS) is 22.9. The molecular weight excluding hydrogens is 518 g/mol. The topological polar surface area (TPSA) is 112 Å². The number of aliphatic hydroxyl groups excluding tert-OH is 1. The summed E-state index contributed by atoms with van der Waals surface area (Å²) in [5.74, 6) is 0. The third kappa shape index (κ3) is 4.49. The molecule has 1 fully saturated rings. The van der Waals surface area contributed by atoms with Crippen LogP contribution in [0.1, 0.15) is 5.56 Å². The van der Waals surface area contributed by atoms with Crippen LogP contribution < -0.4 is 0 Å². The lowest BCUT2D eigenvalue weighted by molar-refractivity contribution is -0.137. The van der Waals surface area contributed by atoms with Crippen LogP contribution in [0.25, 0.3) is 0 Å². The molecule has 0 bridgehead atoms. The summed E-state index contributed by atoms with van der Waals surface area (Å²) in [4.78, 5) is -0.956. The molecule has 1 saturated heterocycles. The monoisotopic (exact) mass is 533 g/mol. The number of sulfone groups is 1. The molecule has 2 aromatic carbocycles. The number of halogens is 5. The zero-order valence-corrected chi connectivity index (χ0v) is 19.1. The zero-order valence-electron chi connectivity index (χ0n) is 15.9. The molecule has 2 aromatic rings. The van der Waals surface area contributed by atoms with Crippen LogP contribution in [-0.4, -0.2) is 61.9 Å². The number of alkyl halides is 3. The summed E-state index contributed by atoms with van der Waals surface area (Å²) in [6.07, 6.45) is -4.76. The number of hydrogen-bond donors (Lipinski definition) is 2. The molecule has 1 heterocycles. The molecule has 14 heteroatoms. The van der Waals surface area contributed by atoms with E-state index in [0.717, 1.165) is 0 Å². The third-order valence-corrected chi connectivity index (χ3v) is 9.90. The molecule has 2 N–H and O–H groups in total. The highest BCUT2D eigenvalue weighted by atomic mass is 35.5. The Morgan fingerprint density at radius 2 is 1.66 bits per heavy atom. The SMILES string of the molecule is O=S(=O)(c1ccc(Cl)cc1)[C@H]1CN(S(=O)(=O)c2ccc(C(F)(F)F)cc2Cl)C[C@@]1(O)CO. The highest BCUT2D eigenvalue weighted by molar-refractivity contribution is 7.92. The molecule has 0 radical (unpaired) electrons. The largest absolute Gasteiger partial charge is 0.416 e. The molecule has 0 amide bonds. The Morgan fingerprint density at radius 3 is 2.16 bits per heavy atom. The van der Waals surface area contributed by atoms with Crippen molar-refractivity contribution in [3.05, 3.63) is 58.1 Å². The number of nitrogens with zero attached hydrogens (tertiary/aromatic N) is 1. The van der Waals surface area contributed by atoms with Crippen molar-refractivity contribution < 1.29 is 40.2 Å². The van der Waals surface area contributed by atoms with Crippen molar-refractivity contribution in [2.45, 2.75) is 26.8 Å². The zero-order chi connectivity index (χ0) is 24.1. The smallest absolute Gasteiger partial charge is 0.393 e. The number of aliphatic hydroxyl groups is 2. The summed E-state index contributed by atoms with van der Waals surface area (Å²) >= 11 is 11.5. The van der Waals surface area contributed by atoms with Gasteiger partial charge in [0.05, 0.1) is 22.1 Å². The second kappa shape index (κ2) is 8.42. The van der Waals surface area contributed by atoms with Gasteiger partial charge < -0.3 is 10.2 Å². The van der Waals surface area contributed by atoms with E-state index >= 15 is 0 Å². The van der Waals surface area contributed by atoms with Crippen LogP contribution in [0, 0.1) is 0 Å². The van der Waals surface area contributed by atoms with Crippen molar-refractivity contribution in [1.82, 2.24) is 4.31 Å². The van der Waals surface area contributed by atoms with Gasteiger partial charge in [-0.25, -0.2) is 16.8 Å². The number of sulfonamides is 1. The summed E-state index contributed by atoms with van der Waals surface area (Å²) < 4.78 is 91.3. The number of β-amino-alcohol motifs (C(OH)–C–C–N with tert-alkyl or cyclic N) is 1. The molecule has 7 nitrogen and oxygen atoms in total. The standard InChI is InChI=1S/C18H16Cl2F3NO6S2/c19-12-2-4-13(5-3-12)31(27,28)16-8-24(9-17(16,26)10-25)32(29,30)15-6-1-11(7-14(15)20)18(21,22)23/h1-7,16,25-26H,8-10H2/t16-,17+/m0/s1. The summed E-state index contributed by atoms with van der Waals surface area (Å²) in [7, 11) is -8.96. The van der Waals surface area contributed by atoms with E-state index in [9.17, 15) is 40.2 Å². The van der Waals surface area contributed by atoms with E-state index in [-0.39, 0.29) is 9.92 Å². The highest BCUT2D eigenvalue weighted by Gasteiger charge is 2.55. The van der Waals surface area contributed by atoms with E-state index in [4.69, 9.17) is 23.2 Å². The van der Waals surface area contributed by atoms with Crippen LogP contribution in [0.3, 0.4) is 0 Å². The second-order valence-corrected chi connectivity index (χ2v) is 12.1. The van der Waals surface area contributed by atoms with Gasteiger partial charge in [-0.1, -0.05) is 23.2 Å². The molecule has 32 heavy (non-hydrogen) atoms. The maximum Gasteiger partial charge on any atom is 0.416 e. The van der Waals surface area contributed by atoms with Gasteiger partial charge in [0, 0.05) is 18.1 Å². The quantitative estimate of drug-likeness (QED) is 0.610. The van der Waals surface area contributed by atoms with Crippen LogP contribution in [0.5, 0.6) is 0 Å². The first-order chi connectivity index (χ1) is 14.6. The fourth-order valence-electron chi connectivity index (χ4n) is 3.36. The van der Waals surface area contributed by atoms with Gasteiger partial charge in [0.15, 0.2) is 9.84 Å². The Balaban J connectivity index is 2.01. The van der Waals surface area contributed by atoms with Crippen LogP contribution in [-0.2, 0) is 26.0 Å². The Morgan fingerprint density at radius 1 is 1.06 bits per heavy atom. The Hall–Kier alpha value is -1.41. The summed E-state index contributed by atoms with van der Waals surface area (Å²) in [5.41, 5.74) is -3.54. The van der Waals surface area contributed by atoms with Crippen molar-refractivity contribution in [1.29, 1.82) is 0 Å². The molecule has 0 aromatic heterocycles. The van der Waals surface area contributed by atoms with Gasteiger partial charge in [-0.3, -0.25) is 0 Å². The van der Waals surface area contributed by atoms with Crippen LogP contribution in [0.4, 0.5) is 13.2 Å². The third-order valence-electron chi connectivity index (χ3n) is 5.09. The minimum Gasteiger partial charge on any atom is -0.393 e. The van der Waals surface area contributed by atoms with E-state index in [1.807, 2.05) is 0 Å². The van der Waals surface area contributed by atoms with Crippen molar-refractivity contribution in [2.24, 2.45) is 0 Å². The van der Waals surface area contributed by atoms with Gasteiger partial charge in [0.1, 0.15) is 15.7 Å². The molecule has 0 unspecified atom stereocenters. The number of hydrogen-bond acceptors (Lipinski definition) is 6. The minimum atomic E-state index is -4.76. The highest BCUT2D eigenvalue weighted by Crippen LogP contribution is 2.38. The van der Waals surface area contributed by atoms with Crippen LogP contribution in [0.15, 0.2) is 52.3 Å². The van der Waals surface area contributed by atoms with Gasteiger partial charge in [0.2, 0.25) is 10.0 Å². The van der Waals surface area contributed by atoms with E-state index in [0.29, 0.717) is 22.5 Å². The first-order valence-corrected chi connectivity index (χ1v) is 12.6.